The van der Waals surface area contributed by atoms with Crippen LogP contribution in [0.1, 0.15) is 38.3 Å². The molecule has 0 aliphatic heterocycles. The van der Waals surface area contributed by atoms with Crippen LogP contribution < -0.4 is 5.32 Å². The third kappa shape index (κ3) is 3.50. The lowest BCUT2D eigenvalue weighted by Gasteiger charge is -2.20. The molecule has 0 amide bonds. The zero-order valence-corrected chi connectivity index (χ0v) is 10.4. The van der Waals surface area contributed by atoms with Crippen LogP contribution in [0.4, 0.5) is 8.78 Å². The van der Waals surface area contributed by atoms with Gasteiger partial charge in [-0.25, -0.2) is 8.78 Å². The smallest absolute Gasteiger partial charge is 0.320 e. The molecule has 2 atom stereocenters. The second kappa shape index (κ2) is 6.44. The first kappa shape index (κ1) is 14.6. The summed E-state index contributed by atoms with van der Waals surface area (Å²) in [5.41, 5.74) is -0.125. The molecule has 0 spiro atoms. The minimum atomic E-state index is -1.01. The van der Waals surface area contributed by atoms with Crippen molar-refractivity contribution in [2.24, 2.45) is 0 Å². The highest BCUT2D eigenvalue weighted by atomic mass is 19.1. The van der Waals surface area contributed by atoms with Crippen LogP contribution in [-0.2, 0) is 4.79 Å². The van der Waals surface area contributed by atoms with Crippen molar-refractivity contribution in [1.82, 2.24) is 5.32 Å². The topological polar surface area (TPSA) is 49.3 Å². The highest BCUT2D eigenvalue weighted by Crippen LogP contribution is 2.21. The van der Waals surface area contributed by atoms with E-state index in [-0.39, 0.29) is 5.56 Å². The fourth-order valence-electron chi connectivity index (χ4n) is 1.88. The van der Waals surface area contributed by atoms with E-state index in [1.807, 2.05) is 6.92 Å². The average Bonchev–Trinajstić information content (AvgIpc) is 2.28. The summed E-state index contributed by atoms with van der Waals surface area (Å²) in [6.07, 6.45) is 1.09. The summed E-state index contributed by atoms with van der Waals surface area (Å²) in [7, 11) is 0. The van der Waals surface area contributed by atoms with Gasteiger partial charge in [0.15, 0.2) is 0 Å². The molecule has 0 aliphatic rings. The number of nitrogens with one attached hydrogen (secondary N) is 1. The van der Waals surface area contributed by atoms with Crippen molar-refractivity contribution in [3.63, 3.8) is 0 Å². The Hall–Kier alpha value is -1.49. The fourth-order valence-corrected chi connectivity index (χ4v) is 1.88. The van der Waals surface area contributed by atoms with E-state index in [4.69, 9.17) is 5.11 Å². The third-order valence-corrected chi connectivity index (χ3v) is 2.76. The van der Waals surface area contributed by atoms with Gasteiger partial charge in [-0.2, -0.15) is 0 Å². The molecule has 1 aromatic rings. The Morgan fingerprint density at radius 1 is 1.39 bits per heavy atom. The number of carboxylic acids is 1. The Kier molecular flexibility index (Phi) is 5.22. The van der Waals surface area contributed by atoms with Crippen molar-refractivity contribution in [2.75, 3.05) is 0 Å². The van der Waals surface area contributed by atoms with E-state index in [2.05, 4.69) is 5.32 Å². The predicted molar refractivity (Wildman–Crippen MR) is 64.2 cm³/mol. The first-order valence-corrected chi connectivity index (χ1v) is 5.90. The molecule has 1 rings (SSSR count). The standard InChI is InChI=1S/C13H17F2NO2/c1-3-5-11(13(17)18)16-8(2)12-9(14)6-4-7-10(12)15/h4,6-8,11,16H,3,5H2,1-2H3,(H,17,18). The molecule has 0 aliphatic carbocycles. The van der Waals surface area contributed by atoms with Gasteiger partial charge in [0.1, 0.15) is 17.7 Å². The first-order chi connectivity index (χ1) is 8.47. The number of benzene rings is 1. The van der Waals surface area contributed by atoms with E-state index >= 15 is 0 Å². The Morgan fingerprint density at radius 3 is 2.39 bits per heavy atom. The van der Waals surface area contributed by atoms with Crippen LogP contribution in [0.2, 0.25) is 0 Å². The summed E-state index contributed by atoms with van der Waals surface area (Å²) in [4.78, 5) is 11.0. The summed E-state index contributed by atoms with van der Waals surface area (Å²) in [6, 6.07) is 2.10. The van der Waals surface area contributed by atoms with Crippen molar-refractivity contribution in [1.29, 1.82) is 0 Å². The van der Waals surface area contributed by atoms with Gasteiger partial charge in [-0.1, -0.05) is 19.4 Å². The molecule has 0 bridgehead atoms. The van der Waals surface area contributed by atoms with E-state index in [1.54, 1.807) is 6.92 Å². The molecule has 0 saturated heterocycles. The van der Waals surface area contributed by atoms with Gasteiger partial charge in [-0.05, 0) is 25.5 Å². The van der Waals surface area contributed by atoms with Crippen LogP contribution >= 0.6 is 0 Å². The minimum absolute atomic E-state index is 0.125. The Bertz CT molecular complexity index is 403. The van der Waals surface area contributed by atoms with Gasteiger partial charge in [0.05, 0.1) is 0 Å². The maximum atomic E-state index is 13.5. The number of hydrogen-bond donors (Lipinski definition) is 2. The SMILES string of the molecule is CCCC(NC(C)c1c(F)cccc1F)C(=O)O. The van der Waals surface area contributed by atoms with E-state index in [0.29, 0.717) is 12.8 Å². The zero-order valence-electron chi connectivity index (χ0n) is 10.4. The van der Waals surface area contributed by atoms with Crippen LogP contribution in [0.15, 0.2) is 18.2 Å². The first-order valence-electron chi connectivity index (χ1n) is 5.90. The molecular weight excluding hydrogens is 240 g/mol. The molecule has 0 radical (unpaired) electrons. The quantitative estimate of drug-likeness (QED) is 0.823. The van der Waals surface area contributed by atoms with E-state index in [9.17, 15) is 13.6 Å². The van der Waals surface area contributed by atoms with Crippen LogP contribution in [0.3, 0.4) is 0 Å². The number of carbonyl (C=O) groups is 1. The average molecular weight is 257 g/mol. The van der Waals surface area contributed by atoms with Crippen molar-refractivity contribution < 1.29 is 18.7 Å². The molecule has 1 aromatic carbocycles. The molecule has 2 unspecified atom stereocenters. The lowest BCUT2D eigenvalue weighted by atomic mass is 10.0. The molecule has 0 heterocycles. The lowest BCUT2D eigenvalue weighted by Crippen LogP contribution is -2.38. The molecule has 0 aromatic heterocycles. The molecule has 0 fully saturated rings. The second-order valence-corrected chi connectivity index (χ2v) is 4.20. The molecule has 0 saturated carbocycles. The van der Waals surface area contributed by atoms with Gasteiger partial charge >= 0.3 is 5.97 Å². The number of hydrogen-bond acceptors (Lipinski definition) is 2. The van der Waals surface area contributed by atoms with Gasteiger partial charge in [0.25, 0.3) is 0 Å². The molecule has 18 heavy (non-hydrogen) atoms. The highest BCUT2D eigenvalue weighted by molar-refractivity contribution is 5.73. The van der Waals surface area contributed by atoms with E-state index in [0.717, 1.165) is 12.1 Å². The third-order valence-electron chi connectivity index (χ3n) is 2.76. The summed E-state index contributed by atoms with van der Waals surface area (Å²) in [5.74, 6) is -2.35. The highest BCUT2D eigenvalue weighted by Gasteiger charge is 2.22. The van der Waals surface area contributed by atoms with Gasteiger partial charge < -0.3 is 5.11 Å². The van der Waals surface area contributed by atoms with Crippen LogP contribution in [0.5, 0.6) is 0 Å². The largest absolute Gasteiger partial charge is 0.480 e. The van der Waals surface area contributed by atoms with Crippen LogP contribution in [0, 0.1) is 11.6 Å². The Balaban J connectivity index is 2.86. The number of halogens is 2. The van der Waals surface area contributed by atoms with Gasteiger partial charge in [0.2, 0.25) is 0 Å². The summed E-state index contributed by atoms with van der Waals surface area (Å²) in [6.45, 7) is 3.40. The van der Waals surface area contributed by atoms with Crippen molar-refractivity contribution in [2.45, 2.75) is 38.8 Å². The molecule has 5 heteroatoms. The van der Waals surface area contributed by atoms with Crippen molar-refractivity contribution in [3.8, 4) is 0 Å². The maximum Gasteiger partial charge on any atom is 0.320 e. The summed E-state index contributed by atoms with van der Waals surface area (Å²) < 4.78 is 27.0. The van der Waals surface area contributed by atoms with Gasteiger partial charge in [-0.15, -0.1) is 0 Å². The monoisotopic (exact) mass is 257 g/mol. The predicted octanol–water partition coefficient (Wildman–Crippen LogP) is 2.87. The number of carboxylic acid groups (broad SMARTS) is 1. The van der Waals surface area contributed by atoms with Gasteiger partial charge in [0, 0.05) is 11.6 Å². The normalized spacial score (nSPS) is 14.2. The van der Waals surface area contributed by atoms with Crippen LogP contribution in [-0.4, -0.2) is 17.1 Å². The Morgan fingerprint density at radius 2 is 1.94 bits per heavy atom. The molecule has 3 nitrogen and oxygen atoms in total. The van der Waals surface area contributed by atoms with Crippen molar-refractivity contribution in [3.05, 3.63) is 35.4 Å². The fraction of sp³-hybridized carbons (Fsp3) is 0.462. The Labute approximate surface area is 105 Å². The minimum Gasteiger partial charge on any atom is -0.480 e. The summed E-state index contributed by atoms with van der Waals surface area (Å²) >= 11 is 0. The van der Waals surface area contributed by atoms with E-state index < -0.39 is 29.7 Å². The van der Waals surface area contributed by atoms with Crippen LogP contribution in [0.25, 0.3) is 0 Å². The summed E-state index contributed by atoms with van der Waals surface area (Å²) in [5, 5.41) is 11.7. The number of rotatable bonds is 6. The van der Waals surface area contributed by atoms with E-state index in [1.165, 1.54) is 6.07 Å². The second-order valence-electron chi connectivity index (χ2n) is 4.20. The molecular formula is C13H17F2NO2. The number of aliphatic carboxylic acids is 1. The molecule has 100 valence electrons. The zero-order chi connectivity index (χ0) is 13.7. The lowest BCUT2D eigenvalue weighted by molar-refractivity contribution is -0.139. The van der Waals surface area contributed by atoms with Gasteiger partial charge in [-0.3, -0.25) is 10.1 Å². The maximum absolute atomic E-state index is 13.5. The molecule has 2 N–H and O–H groups in total. The van der Waals surface area contributed by atoms with Crippen molar-refractivity contribution >= 4 is 5.97 Å².